The molecule has 1 saturated heterocycles. The van der Waals surface area contributed by atoms with Gasteiger partial charge in [0.05, 0.1) is 0 Å². The van der Waals surface area contributed by atoms with Crippen molar-refractivity contribution in [2.45, 2.75) is 44.7 Å². The van der Waals surface area contributed by atoms with Gasteiger partial charge in [-0.3, -0.25) is 9.59 Å². The molecular weight excluding hydrogens is 343 g/mol. The van der Waals surface area contributed by atoms with E-state index in [9.17, 15) is 14.0 Å². The summed E-state index contributed by atoms with van der Waals surface area (Å²) < 4.78 is 13.1. The van der Waals surface area contributed by atoms with Crippen LogP contribution >= 0.6 is 0 Å². The van der Waals surface area contributed by atoms with E-state index in [4.69, 9.17) is 0 Å². The molecule has 0 saturated carbocycles. The van der Waals surface area contributed by atoms with Crippen molar-refractivity contribution in [1.29, 1.82) is 0 Å². The molecule has 142 valence electrons. The molecule has 1 aliphatic rings. The molecule has 0 bridgehead atoms. The van der Waals surface area contributed by atoms with Gasteiger partial charge in [-0.25, -0.2) is 4.39 Å². The first-order valence-corrected chi connectivity index (χ1v) is 9.41. The Morgan fingerprint density at radius 1 is 1.15 bits per heavy atom. The molecule has 1 heterocycles. The minimum Gasteiger partial charge on any atom is -0.350 e. The zero-order chi connectivity index (χ0) is 19.2. The van der Waals surface area contributed by atoms with Crippen LogP contribution in [0.15, 0.2) is 54.6 Å². The number of amides is 2. The van der Waals surface area contributed by atoms with Gasteiger partial charge in [0.25, 0.3) is 0 Å². The Balaban J connectivity index is 1.57. The van der Waals surface area contributed by atoms with Gasteiger partial charge in [0.2, 0.25) is 11.8 Å². The number of benzene rings is 2. The lowest BCUT2D eigenvalue weighted by molar-refractivity contribution is -0.138. The minimum absolute atomic E-state index is 0.0215. The van der Waals surface area contributed by atoms with Crippen LogP contribution in [0.4, 0.5) is 4.39 Å². The number of carbonyl (C=O) groups is 2. The third-order valence-electron chi connectivity index (χ3n) is 5.11. The van der Waals surface area contributed by atoms with E-state index in [1.807, 2.05) is 37.3 Å². The lowest BCUT2D eigenvalue weighted by Gasteiger charge is -2.25. The van der Waals surface area contributed by atoms with Crippen molar-refractivity contribution < 1.29 is 14.0 Å². The lowest BCUT2D eigenvalue weighted by Crippen LogP contribution is -2.46. The van der Waals surface area contributed by atoms with Crippen molar-refractivity contribution in [2.24, 2.45) is 0 Å². The summed E-state index contributed by atoms with van der Waals surface area (Å²) in [5, 5.41) is 2.94. The van der Waals surface area contributed by atoms with Crippen molar-refractivity contribution in [1.82, 2.24) is 10.2 Å². The van der Waals surface area contributed by atoms with Crippen LogP contribution in [-0.2, 0) is 16.1 Å². The average Bonchev–Trinajstić information content (AvgIpc) is 3.17. The fraction of sp³-hybridized carbons (Fsp3) is 0.364. The number of nitrogens with zero attached hydrogens (tertiary/aromatic N) is 1. The highest BCUT2D eigenvalue weighted by atomic mass is 19.1. The molecule has 0 aromatic heterocycles. The van der Waals surface area contributed by atoms with Crippen LogP contribution in [0, 0.1) is 5.82 Å². The molecule has 1 N–H and O–H groups in total. The molecule has 0 spiro atoms. The molecule has 1 aliphatic heterocycles. The topological polar surface area (TPSA) is 49.4 Å². The van der Waals surface area contributed by atoms with E-state index >= 15 is 0 Å². The van der Waals surface area contributed by atoms with Crippen molar-refractivity contribution in [3.05, 3.63) is 71.5 Å². The Morgan fingerprint density at radius 2 is 1.85 bits per heavy atom. The van der Waals surface area contributed by atoms with E-state index in [0.29, 0.717) is 25.9 Å². The zero-order valence-electron chi connectivity index (χ0n) is 15.5. The normalized spacial score (nSPS) is 17.6. The summed E-state index contributed by atoms with van der Waals surface area (Å²) in [5.74, 6) is -0.429. The average molecular weight is 368 g/mol. The molecule has 3 rings (SSSR count). The molecule has 0 aliphatic carbocycles. The highest BCUT2D eigenvalue weighted by Crippen LogP contribution is 2.24. The summed E-state index contributed by atoms with van der Waals surface area (Å²) in [7, 11) is 0. The van der Waals surface area contributed by atoms with Crippen molar-refractivity contribution >= 4 is 11.8 Å². The first-order chi connectivity index (χ1) is 13.0. The maximum atomic E-state index is 13.1. The molecule has 2 atom stereocenters. The molecule has 0 radical (unpaired) electrons. The van der Waals surface area contributed by atoms with Crippen molar-refractivity contribution in [3.8, 4) is 0 Å². The summed E-state index contributed by atoms with van der Waals surface area (Å²) >= 11 is 0. The van der Waals surface area contributed by atoms with Gasteiger partial charge in [0, 0.05) is 19.5 Å². The third kappa shape index (κ3) is 4.94. The van der Waals surface area contributed by atoms with E-state index < -0.39 is 6.04 Å². The molecule has 1 fully saturated rings. The summed E-state index contributed by atoms with van der Waals surface area (Å²) in [4.78, 5) is 27.0. The highest BCUT2D eigenvalue weighted by molar-refractivity contribution is 5.88. The summed E-state index contributed by atoms with van der Waals surface area (Å²) in [6, 6.07) is 15.6. The lowest BCUT2D eigenvalue weighted by atomic mass is 9.97. The van der Waals surface area contributed by atoms with Crippen LogP contribution in [0.3, 0.4) is 0 Å². The van der Waals surface area contributed by atoms with Gasteiger partial charge in [-0.2, -0.15) is 0 Å². The molecule has 2 amide bonds. The van der Waals surface area contributed by atoms with Gasteiger partial charge in [0.15, 0.2) is 0 Å². The van der Waals surface area contributed by atoms with E-state index in [0.717, 1.165) is 17.5 Å². The Labute approximate surface area is 159 Å². The van der Waals surface area contributed by atoms with Crippen LogP contribution in [0.25, 0.3) is 0 Å². The maximum absolute atomic E-state index is 13.1. The second-order valence-corrected chi connectivity index (χ2v) is 7.11. The summed E-state index contributed by atoms with van der Waals surface area (Å²) in [6.07, 6.45) is 1.84. The van der Waals surface area contributed by atoms with Gasteiger partial charge >= 0.3 is 0 Å². The molecule has 2 aromatic rings. The number of halogens is 1. The number of hydrogen-bond donors (Lipinski definition) is 1. The quantitative estimate of drug-likeness (QED) is 0.847. The number of carbonyl (C=O) groups excluding carboxylic acids is 2. The Morgan fingerprint density at radius 3 is 2.56 bits per heavy atom. The fourth-order valence-electron chi connectivity index (χ4n) is 3.53. The monoisotopic (exact) mass is 368 g/mol. The first kappa shape index (κ1) is 19.1. The fourth-order valence-corrected chi connectivity index (χ4v) is 3.53. The third-order valence-corrected chi connectivity index (χ3v) is 5.11. The molecular formula is C22H25FN2O2. The molecule has 1 unspecified atom stereocenters. The van der Waals surface area contributed by atoms with E-state index in [1.165, 1.54) is 12.1 Å². The molecule has 27 heavy (non-hydrogen) atoms. The number of nitrogens with one attached hydrogen (secondary N) is 1. The largest absolute Gasteiger partial charge is 0.350 e. The summed E-state index contributed by atoms with van der Waals surface area (Å²) in [6.45, 7) is 3.02. The summed E-state index contributed by atoms with van der Waals surface area (Å²) in [5.41, 5.74) is 1.96. The first-order valence-electron chi connectivity index (χ1n) is 9.41. The van der Waals surface area contributed by atoms with Crippen LogP contribution in [0.2, 0.25) is 0 Å². The molecule has 5 heteroatoms. The van der Waals surface area contributed by atoms with Gasteiger partial charge in [-0.1, -0.05) is 49.4 Å². The van der Waals surface area contributed by atoms with Crippen LogP contribution in [0.1, 0.15) is 43.2 Å². The maximum Gasteiger partial charge on any atom is 0.243 e. The van der Waals surface area contributed by atoms with E-state index in [-0.39, 0.29) is 23.5 Å². The van der Waals surface area contributed by atoms with Gasteiger partial charge in [-0.05, 0) is 42.0 Å². The van der Waals surface area contributed by atoms with Crippen molar-refractivity contribution in [3.63, 3.8) is 0 Å². The standard InChI is InChI=1S/C22H25FN2O2/c1-16(18-9-11-19(23)12-10-18)14-21(26)25-13-5-8-20(25)22(27)24-15-17-6-3-2-4-7-17/h2-4,6-7,9-12,16,20H,5,8,13-15H2,1H3,(H,24,27)/t16?,20-/m0/s1. The predicted octanol–water partition coefficient (Wildman–Crippen LogP) is 3.63. The Kier molecular flexibility index (Phi) is 6.22. The highest BCUT2D eigenvalue weighted by Gasteiger charge is 2.34. The van der Waals surface area contributed by atoms with Crippen molar-refractivity contribution in [2.75, 3.05) is 6.54 Å². The van der Waals surface area contributed by atoms with E-state index in [2.05, 4.69) is 5.32 Å². The Bertz CT molecular complexity index is 777. The van der Waals surface area contributed by atoms with Crippen LogP contribution < -0.4 is 5.32 Å². The number of hydrogen-bond acceptors (Lipinski definition) is 2. The second-order valence-electron chi connectivity index (χ2n) is 7.11. The SMILES string of the molecule is CC(CC(=O)N1CCC[C@H]1C(=O)NCc1ccccc1)c1ccc(F)cc1. The Hall–Kier alpha value is -2.69. The van der Waals surface area contributed by atoms with E-state index in [1.54, 1.807) is 17.0 Å². The van der Waals surface area contributed by atoms with Crippen LogP contribution in [-0.4, -0.2) is 29.3 Å². The minimum atomic E-state index is -0.401. The second kappa shape index (κ2) is 8.80. The van der Waals surface area contributed by atoms with Gasteiger partial charge in [0.1, 0.15) is 11.9 Å². The number of rotatable bonds is 6. The zero-order valence-corrected chi connectivity index (χ0v) is 15.5. The van der Waals surface area contributed by atoms with Crippen LogP contribution in [0.5, 0.6) is 0 Å². The molecule has 2 aromatic carbocycles. The smallest absolute Gasteiger partial charge is 0.243 e. The molecule has 4 nitrogen and oxygen atoms in total. The van der Waals surface area contributed by atoms with Gasteiger partial charge in [-0.15, -0.1) is 0 Å². The van der Waals surface area contributed by atoms with Gasteiger partial charge < -0.3 is 10.2 Å². The predicted molar refractivity (Wildman–Crippen MR) is 102 cm³/mol. The number of likely N-dealkylation sites (tertiary alicyclic amines) is 1.